The van der Waals surface area contributed by atoms with Crippen molar-refractivity contribution < 1.29 is 18.8 Å². The molecule has 8 heteroatoms. The third-order valence-electron chi connectivity index (χ3n) is 6.03. The van der Waals surface area contributed by atoms with E-state index in [0.717, 1.165) is 29.1 Å². The first-order chi connectivity index (χ1) is 16.2. The Morgan fingerprint density at radius 1 is 1.12 bits per heavy atom. The molecule has 174 valence electrons. The molecule has 2 aromatic carbocycles. The second-order valence-electron chi connectivity index (χ2n) is 8.56. The third-order valence-corrected chi connectivity index (χ3v) is 6.26. The molecule has 0 saturated heterocycles. The Balaban J connectivity index is 1.48. The molecule has 0 aliphatic heterocycles. The van der Waals surface area contributed by atoms with Crippen molar-refractivity contribution >= 4 is 29.1 Å². The highest BCUT2D eigenvalue weighted by molar-refractivity contribution is 6.30. The lowest BCUT2D eigenvalue weighted by atomic mass is 9.86. The van der Waals surface area contributed by atoms with E-state index in [2.05, 4.69) is 15.3 Å². The van der Waals surface area contributed by atoms with Crippen molar-refractivity contribution in [2.75, 3.05) is 0 Å². The van der Waals surface area contributed by atoms with Gasteiger partial charge >= 0.3 is 0 Å². The molecule has 1 aliphatic rings. The molecule has 0 bridgehead atoms. The van der Waals surface area contributed by atoms with Crippen molar-refractivity contribution in [1.29, 1.82) is 0 Å². The van der Waals surface area contributed by atoms with Gasteiger partial charge in [-0.15, -0.1) is 0 Å². The average Bonchev–Trinajstić information content (AvgIpc) is 3.05. The van der Waals surface area contributed by atoms with E-state index in [1.807, 2.05) is 19.9 Å². The van der Waals surface area contributed by atoms with Crippen LogP contribution in [0.3, 0.4) is 0 Å². The minimum Gasteiger partial charge on any atom is -0.352 e. The van der Waals surface area contributed by atoms with E-state index in [4.69, 9.17) is 11.6 Å². The van der Waals surface area contributed by atoms with Gasteiger partial charge in [-0.1, -0.05) is 23.7 Å². The van der Waals surface area contributed by atoms with Crippen LogP contribution in [0.4, 0.5) is 4.39 Å². The van der Waals surface area contributed by atoms with Crippen LogP contribution in [-0.4, -0.2) is 27.4 Å². The lowest BCUT2D eigenvalue weighted by molar-refractivity contribution is -0.128. The Morgan fingerprint density at radius 3 is 2.44 bits per heavy atom. The molecule has 34 heavy (non-hydrogen) atoms. The number of benzene rings is 2. The maximum Gasteiger partial charge on any atom is 0.221 e. The van der Waals surface area contributed by atoms with Crippen molar-refractivity contribution in [3.63, 3.8) is 0 Å². The number of aromatic nitrogens is 2. The Hall–Kier alpha value is -3.45. The maximum atomic E-state index is 13.2. The van der Waals surface area contributed by atoms with Gasteiger partial charge in [0.2, 0.25) is 5.91 Å². The first-order valence-electron chi connectivity index (χ1n) is 10.9. The molecule has 1 heterocycles. The molecule has 1 aromatic heterocycles. The number of halogens is 2. The SMILES string of the molecule is Cc1cc(-c2ncc(F)cn2)cc(C)c1C1C(=O)CC(CC(=O)NCc2cccc(Cl)c2)C1=O. The van der Waals surface area contributed by atoms with Gasteiger partial charge in [-0.25, -0.2) is 14.4 Å². The van der Waals surface area contributed by atoms with Crippen LogP contribution in [0.15, 0.2) is 48.8 Å². The summed E-state index contributed by atoms with van der Waals surface area (Å²) in [5.74, 6) is -2.43. The largest absolute Gasteiger partial charge is 0.352 e. The van der Waals surface area contributed by atoms with E-state index in [1.54, 1.807) is 30.3 Å². The van der Waals surface area contributed by atoms with Crippen LogP contribution in [0.1, 0.15) is 41.0 Å². The van der Waals surface area contributed by atoms with Crippen LogP contribution < -0.4 is 5.32 Å². The topological polar surface area (TPSA) is 89.0 Å². The number of carbonyl (C=O) groups is 3. The predicted octanol–water partition coefficient (Wildman–Crippen LogP) is 4.50. The van der Waals surface area contributed by atoms with Crippen LogP contribution in [0.25, 0.3) is 11.4 Å². The molecule has 0 spiro atoms. The summed E-state index contributed by atoms with van der Waals surface area (Å²) in [6, 6.07) is 10.7. The fourth-order valence-corrected chi connectivity index (χ4v) is 4.71. The zero-order chi connectivity index (χ0) is 24.4. The molecule has 4 rings (SSSR count). The van der Waals surface area contributed by atoms with E-state index in [0.29, 0.717) is 28.5 Å². The fourth-order valence-electron chi connectivity index (χ4n) is 4.50. The zero-order valence-electron chi connectivity index (χ0n) is 18.8. The fraction of sp³-hybridized carbons (Fsp3) is 0.269. The van der Waals surface area contributed by atoms with Gasteiger partial charge in [0.15, 0.2) is 17.4 Å². The quantitative estimate of drug-likeness (QED) is 0.526. The monoisotopic (exact) mass is 479 g/mol. The van der Waals surface area contributed by atoms with E-state index in [9.17, 15) is 18.8 Å². The number of amides is 1. The van der Waals surface area contributed by atoms with Crippen LogP contribution in [-0.2, 0) is 20.9 Å². The number of nitrogens with zero attached hydrogens (tertiary/aromatic N) is 2. The molecule has 2 atom stereocenters. The molecule has 2 unspecified atom stereocenters. The highest BCUT2D eigenvalue weighted by Crippen LogP contribution is 2.38. The molecule has 1 N–H and O–H groups in total. The van der Waals surface area contributed by atoms with Gasteiger partial charge in [-0.3, -0.25) is 14.4 Å². The summed E-state index contributed by atoms with van der Waals surface area (Å²) in [4.78, 5) is 46.5. The van der Waals surface area contributed by atoms with Gasteiger partial charge in [0.05, 0.1) is 12.4 Å². The molecule has 1 amide bonds. The first-order valence-corrected chi connectivity index (χ1v) is 11.3. The number of aryl methyl sites for hydroxylation is 2. The van der Waals surface area contributed by atoms with E-state index in [-0.39, 0.29) is 30.3 Å². The van der Waals surface area contributed by atoms with Gasteiger partial charge in [0.1, 0.15) is 11.7 Å². The van der Waals surface area contributed by atoms with Crippen LogP contribution >= 0.6 is 11.6 Å². The summed E-state index contributed by atoms with van der Waals surface area (Å²) in [6.07, 6.45) is 2.18. The molecule has 1 aliphatic carbocycles. The summed E-state index contributed by atoms with van der Waals surface area (Å²) in [6.45, 7) is 3.94. The smallest absolute Gasteiger partial charge is 0.221 e. The predicted molar refractivity (Wildman–Crippen MR) is 126 cm³/mol. The second kappa shape index (κ2) is 9.81. The van der Waals surface area contributed by atoms with E-state index in [1.165, 1.54) is 0 Å². The third kappa shape index (κ3) is 5.04. The molecular weight excluding hydrogens is 457 g/mol. The number of Topliss-reactive ketones (excluding diaryl/α,β-unsaturated/α-hetero) is 2. The number of carbonyl (C=O) groups excluding carboxylic acids is 3. The average molecular weight is 480 g/mol. The molecule has 0 radical (unpaired) electrons. The van der Waals surface area contributed by atoms with Crippen LogP contribution in [0.5, 0.6) is 0 Å². The molecule has 1 fully saturated rings. The van der Waals surface area contributed by atoms with E-state index >= 15 is 0 Å². The first kappa shape index (κ1) is 23.7. The summed E-state index contributed by atoms with van der Waals surface area (Å²) >= 11 is 5.97. The van der Waals surface area contributed by atoms with Gasteiger partial charge in [0.25, 0.3) is 0 Å². The Kier molecular flexibility index (Phi) is 6.84. The minimum atomic E-state index is -0.895. The number of hydrogen-bond donors (Lipinski definition) is 1. The lowest BCUT2D eigenvalue weighted by Gasteiger charge is -2.17. The number of hydrogen-bond acceptors (Lipinski definition) is 5. The standard InChI is InChI=1S/C26H23ClFN3O3/c1-14-6-18(26-30-12-20(28)13-31-26)7-15(2)23(14)24-21(32)9-17(25(24)34)10-22(33)29-11-16-4-3-5-19(27)8-16/h3-8,12-13,17,24H,9-11H2,1-2H3,(H,29,33). The Morgan fingerprint density at radius 2 is 1.79 bits per heavy atom. The number of nitrogens with one attached hydrogen (secondary N) is 1. The second-order valence-corrected chi connectivity index (χ2v) is 9.00. The van der Waals surface area contributed by atoms with Crippen molar-refractivity contribution in [1.82, 2.24) is 15.3 Å². The lowest BCUT2D eigenvalue weighted by Crippen LogP contribution is -2.27. The molecule has 6 nitrogen and oxygen atoms in total. The Labute approximate surface area is 201 Å². The highest BCUT2D eigenvalue weighted by atomic mass is 35.5. The summed E-state index contributed by atoms with van der Waals surface area (Å²) in [5.41, 5.74) is 3.68. The van der Waals surface area contributed by atoms with Gasteiger partial charge in [0, 0.05) is 35.9 Å². The minimum absolute atomic E-state index is 0.0375. The van der Waals surface area contributed by atoms with Gasteiger partial charge < -0.3 is 5.32 Å². The molecular formula is C26H23ClFN3O3. The molecule has 3 aromatic rings. The van der Waals surface area contributed by atoms with Crippen molar-refractivity contribution in [3.8, 4) is 11.4 Å². The summed E-state index contributed by atoms with van der Waals surface area (Å²) in [5, 5.41) is 3.37. The van der Waals surface area contributed by atoms with Crippen LogP contribution in [0.2, 0.25) is 5.02 Å². The number of rotatable bonds is 6. The van der Waals surface area contributed by atoms with Crippen LogP contribution in [0, 0.1) is 25.6 Å². The van der Waals surface area contributed by atoms with Crippen molar-refractivity contribution in [2.24, 2.45) is 5.92 Å². The normalized spacial score (nSPS) is 17.8. The van der Waals surface area contributed by atoms with Gasteiger partial charge in [-0.05, 0) is 60.4 Å². The van der Waals surface area contributed by atoms with Gasteiger partial charge in [-0.2, -0.15) is 0 Å². The number of ketones is 2. The van der Waals surface area contributed by atoms with Crippen molar-refractivity contribution in [2.45, 2.75) is 39.2 Å². The summed E-state index contributed by atoms with van der Waals surface area (Å²) in [7, 11) is 0. The van der Waals surface area contributed by atoms with Crippen molar-refractivity contribution in [3.05, 3.63) is 81.9 Å². The Bertz CT molecular complexity index is 1250. The van der Waals surface area contributed by atoms with E-state index < -0.39 is 17.7 Å². The molecule has 1 saturated carbocycles. The maximum absolute atomic E-state index is 13.2. The highest BCUT2D eigenvalue weighted by Gasteiger charge is 2.43. The summed E-state index contributed by atoms with van der Waals surface area (Å²) < 4.78 is 13.2. The zero-order valence-corrected chi connectivity index (χ0v) is 19.5.